The number of nitrogens with one attached hydrogen (secondary N) is 4. The fraction of sp³-hybridized carbons (Fsp3) is 0.250. The van der Waals surface area contributed by atoms with Crippen LogP contribution in [0.15, 0.2) is 84.8 Å². The monoisotopic (exact) mass is 604 g/mol. The van der Waals surface area contributed by atoms with Gasteiger partial charge in [0.1, 0.15) is 17.4 Å². The number of aromatic nitrogens is 1. The van der Waals surface area contributed by atoms with E-state index in [4.69, 9.17) is 11.6 Å². The quantitative estimate of drug-likeness (QED) is 0.148. The molecule has 6 rings (SSSR count). The van der Waals surface area contributed by atoms with Crippen LogP contribution >= 0.6 is 11.6 Å². The number of hydrazine groups is 2. The second-order valence-corrected chi connectivity index (χ2v) is 11.0. The third kappa shape index (κ3) is 5.54. The summed E-state index contributed by atoms with van der Waals surface area (Å²) in [6.07, 6.45) is 1.64. The molecule has 11 heteroatoms. The first kappa shape index (κ1) is 27.4. The molecule has 1 aliphatic heterocycles. The molecule has 0 saturated heterocycles. The minimum atomic E-state index is -2.60. The molecule has 0 amide bonds. The lowest BCUT2D eigenvalue weighted by Crippen LogP contribution is -2.48. The van der Waals surface area contributed by atoms with Crippen LogP contribution in [-0.4, -0.2) is 22.0 Å². The molecular weight excluding hydrogens is 575 g/mol. The predicted molar refractivity (Wildman–Crippen MR) is 161 cm³/mol. The van der Waals surface area contributed by atoms with Gasteiger partial charge in [-0.25, -0.2) is 13.2 Å². The number of fused-ring (bicyclic) bond motifs is 1. The van der Waals surface area contributed by atoms with Crippen LogP contribution in [0.25, 0.3) is 10.9 Å². The fourth-order valence-corrected chi connectivity index (χ4v) is 5.55. The highest BCUT2D eigenvalue weighted by molar-refractivity contribution is 6.35. The zero-order chi connectivity index (χ0) is 31.1. The maximum Gasteiger partial charge on any atom is 0.262 e. The molecule has 4 N–H and O–H groups in total. The average Bonchev–Trinajstić information content (AvgIpc) is 3.69. The van der Waals surface area contributed by atoms with Gasteiger partial charge in [0.05, 0.1) is 40.9 Å². The summed E-state index contributed by atoms with van der Waals surface area (Å²) in [6.45, 7) is 2.04. The highest BCUT2D eigenvalue weighted by atomic mass is 35.5. The van der Waals surface area contributed by atoms with E-state index in [0.29, 0.717) is 46.2 Å². The maximum absolute atomic E-state index is 13.9. The van der Waals surface area contributed by atoms with Gasteiger partial charge in [0.2, 0.25) is 0 Å². The summed E-state index contributed by atoms with van der Waals surface area (Å²) in [5.41, 5.74) is 7.58. The maximum atomic E-state index is 13.9. The summed E-state index contributed by atoms with van der Waals surface area (Å²) >= 11 is 6.74. The Labute approximate surface area is 253 Å². The van der Waals surface area contributed by atoms with E-state index in [1.165, 1.54) is 41.7 Å². The Balaban J connectivity index is 1.44. The zero-order valence-electron chi connectivity index (χ0n) is 24.1. The van der Waals surface area contributed by atoms with Crippen LogP contribution in [0.2, 0.25) is 5.02 Å². The van der Waals surface area contributed by atoms with E-state index >= 15 is 0 Å². The number of nitrogens with zero attached hydrogens (tertiary/aromatic N) is 3. The smallest absolute Gasteiger partial charge is 0.262 e. The largest absolute Gasteiger partial charge is 0.377 e. The van der Waals surface area contributed by atoms with Gasteiger partial charge in [-0.2, -0.15) is 5.26 Å². The van der Waals surface area contributed by atoms with Crippen LogP contribution in [0.3, 0.4) is 0 Å². The Morgan fingerprint density at radius 2 is 1.86 bits per heavy atom. The zero-order valence-corrected chi connectivity index (χ0v) is 23.9. The normalized spacial score (nSPS) is 17.8. The first-order chi connectivity index (χ1) is 21.2. The summed E-state index contributed by atoms with van der Waals surface area (Å²) < 4.78 is 51.3. The second kappa shape index (κ2) is 11.7. The van der Waals surface area contributed by atoms with Gasteiger partial charge in [-0.05, 0) is 54.7 Å². The molecule has 4 aromatic rings. The van der Waals surface area contributed by atoms with Crippen LogP contribution in [0, 0.1) is 17.1 Å². The van der Waals surface area contributed by atoms with Gasteiger partial charge >= 0.3 is 0 Å². The lowest BCUT2D eigenvalue weighted by atomic mass is 10.0. The van der Waals surface area contributed by atoms with Crippen LogP contribution in [0.4, 0.5) is 24.5 Å². The van der Waals surface area contributed by atoms with Crippen molar-refractivity contribution in [1.29, 1.82) is 5.26 Å². The van der Waals surface area contributed by atoms with Gasteiger partial charge in [-0.1, -0.05) is 61.0 Å². The Hall–Kier alpha value is -4.46. The number of pyridine rings is 1. The van der Waals surface area contributed by atoms with E-state index in [9.17, 15) is 19.8 Å². The Kier molecular flexibility index (Phi) is 7.43. The molecule has 43 heavy (non-hydrogen) atoms. The van der Waals surface area contributed by atoms with Crippen molar-refractivity contribution >= 4 is 33.9 Å². The van der Waals surface area contributed by atoms with Crippen molar-refractivity contribution in [2.75, 3.05) is 10.6 Å². The number of alkyl halides is 2. The molecule has 3 aromatic carbocycles. The third-order valence-electron chi connectivity index (χ3n) is 7.86. The van der Waals surface area contributed by atoms with Gasteiger partial charge in [0.25, 0.3) is 6.43 Å². The summed E-state index contributed by atoms with van der Waals surface area (Å²) in [5.74, 6) is -0.484. The molecule has 0 unspecified atom stereocenters. The molecule has 1 saturated carbocycles. The summed E-state index contributed by atoms with van der Waals surface area (Å²) in [7, 11) is 0. The van der Waals surface area contributed by atoms with E-state index in [1.54, 1.807) is 12.1 Å². The molecule has 2 heterocycles. The lowest BCUT2D eigenvalue weighted by Gasteiger charge is -2.25. The minimum absolute atomic E-state index is 0.117. The van der Waals surface area contributed by atoms with Crippen LogP contribution < -0.4 is 21.6 Å². The van der Waals surface area contributed by atoms with E-state index < -0.39 is 23.8 Å². The fourth-order valence-electron chi connectivity index (χ4n) is 5.28. The molecule has 0 radical (unpaired) electrons. The molecule has 220 valence electrons. The van der Waals surface area contributed by atoms with E-state index in [1.807, 2.05) is 37.3 Å². The number of rotatable bonds is 10. The first-order valence-electron chi connectivity index (χ1n) is 14.4. The van der Waals surface area contributed by atoms with Crippen molar-refractivity contribution in [2.24, 2.45) is 0 Å². The van der Waals surface area contributed by atoms with Crippen LogP contribution in [0.5, 0.6) is 0 Å². The van der Waals surface area contributed by atoms with Gasteiger partial charge < -0.3 is 16.1 Å². The summed E-state index contributed by atoms with van der Waals surface area (Å²) in [6, 6.07) is 18.9. The topological polar surface area (TPSA) is 88.0 Å². The summed E-state index contributed by atoms with van der Waals surface area (Å²) in [5, 5.41) is 18.8. The summed E-state index contributed by atoms with van der Waals surface area (Å²) in [4.78, 5) is 4.44. The van der Waals surface area contributed by atoms with Gasteiger partial charge in [-0.15, -0.1) is 5.53 Å². The molecule has 0 bridgehead atoms. The Bertz CT molecular complexity index is 1760. The van der Waals surface area contributed by atoms with Crippen molar-refractivity contribution < 1.29 is 14.5 Å². The molecular formula is C32H29ClF3N7. The molecule has 1 aromatic heterocycles. The minimum Gasteiger partial charge on any atom is -0.377 e. The lowest BCUT2D eigenvalue weighted by molar-refractivity contribution is 0.00911. The molecule has 0 spiro atoms. The van der Waals surface area contributed by atoms with Crippen molar-refractivity contribution in [3.8, 4) is 6.07 Å². The number of halogens is 4. The van der Waals surface area contributed by atoms with Crippen molar-refractivity contribution in [3.05, 3.63) is 112 Å². The number of anilines is 2. The standard InChI is InChI=1S/C32H29ClF3N7/c1-2-26(19-6-4-3-5-7-19)40-28-21(16-37)17-38-30-24(28)14-23(15-25(30)33)39-29(20-8-10-22(34)11-9-20)27-18-43(42-41-27)32(12-13-32)31(35)36/h3-11,14-15,17-18,26,29,31,39,41-42H,2,12-13H2,1H3,(H,38,40)/t26-,29-/m1/s1/i29D. The second-order valence-electron chi connectivity index (χ2n) is 10.6. The van der Waals surface area contributed by atoms with Gasteiger partial charge in [0, 0.05) is 23.5 Å². The van der Waals surface area contributed by atoms with Crippen LogP contribution in [0.1, 0.15) is 56.3 Å². The van der Waals surface area contributed by atoms with E-state index in [-0.39, 0.29) is 16.8 Å². The van der Waals surface area contributed by atoms with E-state index in [2.05, 4.69) is 32.6 Å². The molecule has 2 atom stereocenters. The van der Waals surface area contributed by atoms with Gasteiger partial charge in [0.15, 0.2) is 0 Å². The van der Waals surface area contributed by atoms with Gasteiger partial charge in [-0.3, -0.25) is 9.99 Å². The van der Waals surface area contributed by atoms with Crippen molar-refractivity contribution in [2.45, 2.75) is 50.2 Å². The number of benzene rings is 3. The third-order valence-corrected chi connectivity index (χ3v) is 8.15. The van der Waals surface area contributed by atoms with Crippen molar-refractivity contribution in [3.63, 3.8) is 0 Å². The number of hydrogen-bond acceptors (Lipinski definition) is 7. The first-order valence-corrected chi connectivity index (χ1v) is 14.3. The molecule has 2 aliphatic rings. The number of nitriles is 1. The Morgan fingerprint density at radius 1 is 1.12 bits per heavy atom. The number of hydrogen-bond donors (Lipinski definition) is 4. The molecule has 7 nitrogen and oxygen atoms in total. The predicted octanol–water partition coefficient (Wildman–Crippen LogP) is 7.58. The van der Waals surface area contributed by atoms with E-state index in [0.717, 1.165) is 12.0 Å². The highest BCUT2D eigenvalue weighted by Crippen LogP contribution is 2.47. The Morgan fingerprint density at radius 3 is 2.51 bits per heavy atom. The SMILES string of the molecule is [2H][C@](Nc1cc(Cl)c2ncc(C#N)c(N[C@H](CC)c3ccccc3)c2c1)(C1=CN(C2(C(F)F)CC2)NN1)c1ccc(F)cc1. The average molecular weight is 605 g/mol. The molecule has 1 fully saturated rings. The van der Waals surface area contributed by atoms with Crippen LogP contribution in [-0.2, 0) is 0 Å². The highest BCUT2D eigenvalue weighted by Gasteiger charge is 2.56. The van der Waals surface area contributed by atoms with Crippen molar-refractivity contribution in [1.82, 2.24) is 21.0 Å². The molecule has 1 aliphatic carbocycles.